The van der Waals surface area contributed by atoms with Gasteiger partial charge in [-0.25, -0.2) is 4.79 Å². The molecule has 0 aliphatic rings. The number of methoxy groups -OCH3 is 1. The number of hydrogen-bond donors (Lipinski definition) is 1. The van der Waals surface area contributed by atoms with E-state index in [0.717, 1.165) is 21.5 Å². The molecule has 1 N–H and O–H groups in total. The van der Waals surface area contributed by atoms with Crippen LogP contribution in [-0.2, 0) is 16.0 Å². The smallest absolute Gasteiger partial charge is 0.328 e. The topological polar surface area (TPSA) is 98.5 Å². The third-order valence-corrected chi connectivity index (χ3v) is 5.38. The number of nitro benzene ring substituents is 1. The highest BCUT2D eigenvalue weighted by Gasteiger charge is 2.25. The first-order valence-electron chi connectivity index (χ1n) is 10.0. The summed E-state index contributed by atoms with van der Waals surface area (Å²) in [5, 5.41) is 17.1. The van der Waals surface area contributed by atoms with Crippen LogP contribution in [0.15, 0.2) is 78.9 Å². The third-order valence-electron chi connectivity index (χ3n) is 5.38. The van der Waals surface area contributed by atoms with Crippen LogP contribution in [0.5, 0.6) is 0 Å². The van der Waals surface area contributed by atoms with Gasteiger partial charge in [0.15, 0.2) is 0 Å². The molecule has 0 spiro atoms. The number of nitro groups is 1. The van der Waals surface area contributed by atoms with Gasteiger partial charge < -0.3 is 10.1 Å². The molecule has 1 amide bonds. The fraction of sp³-hybridized carbons (Fsp3) is 0.120. The highest BCUT2D eigenvalue weighted by atomic mass is 16.6. The van der Waals surface area contributed by atoms with Crippen molar-refractivity contribution < 1.29 is 19.2 Å². The maximum Gasteiger partial charge on any atom is 0.328 e. The van der Waals surface area contributed by atoms with Gasteiger partial charge in [0.05, 0.1) is 17.6 Å². The minimum atomic E-state index is -0.952. The molecular weight excluding hydrogens is 408 g/mol. The summed E-state index contributed by atoms with van der Waals surface area (Å²) in [6, 6.07) is 22.1. The summed E-state index contributed by atoms with van der Waals surface area (Å²) in [5.41, 5.74) is 1.10. The average molecular weight is 428 g/mol. The first-order chi connectivity index (χ1) is 15.5. The number of hydrogen-bond acceptors (Lipinski definition) is 5. The monoisotopic (exact) mass is 428 g/mol. The van der Waals surface area contributed by atoms with E-state index in [1.165, 1.54) is 19.2 Å². The van der Waals surface area contributed by atoms with Crippen LogP contribution >= 0.6 is 0 Å². The number of rotatable bonds is 6. The lowest BCUT2D eigenvalue weighted by Crippen LogP contribution is -2.43. The number of amides is 1. The summed E-state index contributed by atoms with van der Waals surface area (Å²) in [4.78, 5) is 36.3. The van der Waals surface area contributed by atoms with Crippen molar-refractivity contribution in [1.29, 1.82) is 0 Å². The van der Waals surface area contributed by atoms with Crippen LogP contribution in [0.2, 0.25) is 0 Å². The van der Waals surface area contributed by atoms with Gasteiger partial charge in [-0.1, -0.05) is 60.7 Å². The lowest BCUT2D eigenvalue weighted by Gasteiger charge is -2.18. The molecule has 0 bridgehead atoms. The molecule has 0 aromatic heterocycles. The van der Waals surface area contributed by atoms with E-state index in [9.17, 15) is 19.7 Å². The van der Waals surface area contributed by atoms with Crippen molar-refractivity contribution in [2.75, 3.05) is 7.11 Å². The van der Waals surface area contributed by atoms with Crippen LogP contribution in [0.4, 0.5) is 5.69 Å². The molecule has 1 atom stereocenters. The maximum atomic E-state index is 13.4. The van der Waals surface area contributed by atoms with Gasteiger partial charge in [0.2, 0.25) is 0 Å². The minimum absolute atomic E-state index is 0.0466. The van der Waals surface area contributed by atoms with Gasteiger partial charge >= 0.3 is 5.97 Å². The zero-order valence-corrected chi connectivity index (χ0v) is 17.3. The molecule has 0 saturated carbocycles. The van der Waals surface area contributed by atoms with E-state index in [1.54, 1.807) is 12.1 Å². The van der Waals surface area contributed by atoms with Crippen LogP contribution in [0.3, 0.4) is 0 Å². The van der Waals surface area contributed by atoms with Crippen LogP contribution < -0.4 is 5.32 Å². The first-order valence-corrected chi connectivity index (χ1v) is 10.0. The van der Waals surface area contributed by atoms with E-state index < -0.39 is 22.8 Å². The highest BCUT2D eigenvalue weighted by Crippen LogP contribution is 2.28. The lowest BCUT2D eigenvalue weighted by atomic mass is 9.95. The SMILES string of the molecule is COC(=O)[C@H](Cc1ccc([N+](=O)[O-])cc1)NC(=O)c1c2ccccc2cc2ccccc12. The fourth-order valence-electron chi connectivity index (χ4n) is 3.81. The molecule has 32 heavy (non-hydrogen) atoms. The molecule has 4 aromatic carbocycles. The molecule has 7 nitrogen and oxygen atoms in total. The molecule has 0 saturated heterocycles. The molecule has 4 rings (SSSR count). The van der Waals surface area contributed by atoms with Gasteiger partial charge in [0, 0.05) is 18.6 Å². The number of ether oxygens (including phenoxy) is 1. The van der Waals surface area contributed by atoms with Crippen LogP contribution in [0, 0.1) is 10.1 Å². The predicted octanol–water partition coefficient (Wildman–Crippen LogP) is 4.42. The summed E-state index contributed by atoms with van der Waals surface area (Å²) in [6.45, 7) is 0. The van der Waals surface area contributed by atoms with Crippen LogP contribution in [0.25, 0.3) is 21.5 Å². The molecule has 7 heteroatoms. The minimum Gasteiger partial charge on any atom is -0.467 e. The normalized spacial score (nSPS) is 11.8. The van der Waals surface area contributed by atoms with E-state index in [2.05, 4.69) is 5.32 Å². The molecule has 0 radical (unpaired) electrons. The number of carbonyl (C=O) groups excluding carboxylic acids is 2. The number of benzene rings is 4. The van der Waals surface area contributed by atoms with Gasteiger partial charge in [-0.3, -0.25) is 14.9 Å². The van der Waals surface area contributed by atoms with Gasteiger partial charge in [0.1, 0.15) is 6.04 Å². The second kappa shape index (κ2) is 8.85. The molecule has 0 aliphatic carbocycles. The second-order valence-electron chi connectivity index (χ2n) is 7.37. The summed E-state index contributed by atoms with van der Waals surface area (Å²) < 4.78 is 4.90. The summed E-state index contributed by atoms with van der Waals surface area (Å²) >= 11 is 0. The standard InChI is InChI=1S/C25H20N2O5/c1-32-25(29)22(14-16-10-12-19(13-11-16)27(30)31)26-24(28)23-20-8-4-2-6-17(20)15-18-7-3-5-9-21(18)23/h2-13,15,22H,14H2,1H3,(H,26,28)/t22-/m0/s1. The summed E-state index contributed by atoms with van der Waals surface area (Å²) in [7, 11) is 1.25. The van der Waals surface area contributed by atoms with Gasteiger partial charge in [-0.2, -0.15) is 0 Å². The number of non-ortho nitro benzene ring substituents is 1. The quantitative estimate of drug-likeness (QED) is 0.212. The van der Waals surface area contributed by atoms with Crippen molar-refractivity contribution in [3.05, 3.63) is 100 Å². The fourth-order valence-corrected chi connectivity index (χ4v) is 3.81. The van der Waals surface area contributed by atoms with Crippen molar-refractivity contribution in [3.8, 4) is 0 Å². The van der Waals surface area contributed by atoms with Crippen molar-refractivity contribution >= 4 is 39.1 Å². The predicted molar refractivity (Wildman–Crippen MR) is 122 cm³/mol. The zero-order chi connectivity index (χ0) is 22.7. The summed E-state index contributed by atoms with van der Waals surface area (Å²) in [6.07, 6.45) is 0.138. The molecule has 160 valence electrons. The molecule has 0 fully saturated rings. The number of fused-ring (bicyclic) bond motifs is 2. The Balaban J connectivity index is 1.70. The Kier molecular flexibility index (Phi) is 5.81. The van der Waals surface area contributed by atoms with Crippen molar-refractivity contribution in [3.63, 3.8) is 0 Å². The Hall–Kier alpha value is -4.26. The van der Waals surface area contributed by atoms with E-state index in [4.69, 9.17) is 4.74 Å². The Morgan fingerprint density at radius 2 is 1.50 bits per heavy atom. The molecule has 0 aliphatic heterocycles. The van der Waals surface area contributed by atoms with Gasteiger partial charge in [-0.15, -0.1) is 0 Å². The Bertz CT molecular complexity index is 1280. The van der Waals surface area contributed by atoms with E-state index in [-0.39, 0.29) is 12.1 Å². The van der Waals surface area contributed by atoms with Crippen LogP contribution in [-0.4, -0.2) is 30.0 Å². The molecule has 0 unspecified atom stereocenters. The van der Waals surface area contributed by atoms with Crippen molar-refractivity contribution in [2.45, 2.75) is 12.5 Å². The second-order valence-corrected chi connectivity index (χ2v) is 7.37. The van der Waals surface area contributed by atoms with E-state index in [0.29, 0.717) is 11.1 Å². The van der Waals surface area contributed by atoms with Crippen LogP contribution in [0.1, 0.15) is 15.9 Å². The molecular formula is C25H20N2O5. The number of carbonyl (C=O) groups is 2. The highest BCUT2D eigenvalue weighted by molar-refractivity contribution is 6.18. The number of nitrogens with zero attached hydrogens (tertiary/aromatic N) is 1. The molecule has 0 heterocycles. The van der Waals surface area contributed by atoms with Crippen molar-refractivity contribution in [2.24, 2.45) is 0 Å². The van der Waals surface area contributed by atoms with E-state index >= 15 is 0 Å². The van der Waals surface area contributed by atoms with Gasteiger partial charge in [-0.05, 0) is 33.2 Å². The maximum absolute atomic E-state index is 13.4. The Morgan fingerprint density at radius 1 is 0.938 bits per heavy atom. The average Bonchev–Trinajstić information content (AvgIpc) is 2.81. The first kappa shape index (κ1) is 21.0. The number of nitrogens with one attached hydrogen (secondary N) is 1. The third kappa shape index (κ3) is 4.13. The molecule has 4 aromatic rings. The number of esters is 1. The largest absolute Gasteiger partial charge is 0.467 e. The zero-order valence-electron chi connectivity index (χ0n) is 17.3. The summed E-state index contributed by atoms with van der Waals surface area (Å²) in [5.74, 6) is -0.989. The van der Waals surface area contributed by atoms with E-state index in [1.807, 2.05) is 54.6 Å². The lowest BCUT2D eigenvalue weighted by molar-refractivity contribution is -0.384. The Morgan fingerprint density at radius 3 is 2.03 bits per heavy atom. The Labute approximate surface area is 183 Å². The van der Waals surface area contributed by atoms with Crippen molar-refractivity contribution in [1.82, 2.24) is 5.32 Å². The van der Waals surface area contributed by atoms with Gasteiger partial charge in [0.25, 0.3) is 11.6 Å².